The van der Waals surface area contributed by atoms with Crippen molar-refractivity contribution in [2.45, 2.75) is 38.7 Å². The number of rotatable bonds is 5. The number of carbonyl (C=O) groups excluding carboxylic acids is 2. The number of nitrogens with zero attached hydrogens (tertiary/aromatic N) is 2. The highest BCUT2D eigenvalue weighted by Gasteiger charge is 2.35. The minimum absolute atomic E-state index is 0.0612. The zero-order valence-corrected chi connectivity index (χ0v) is 11.8. The number of aliphatic hydroxyl groups is 1. The number of likely N-dealkylation sites (tertiary alicyclic amines) is 1. The molecular weight excluding hydrogens is 244 g/mol. The molecule has 1 saturated carbocycles. The zero-order valence-electron chi connectivity index (χ0n) is 11.8. The highest BCUT2D eigenvalue weighted by atomic mass is 16.3. The van der Waals surface area contributed by atoms with Crippen molar-refractivity contribution >= 4 is 11.8 Å². The summed E-state index contributed by atoms with van der Waals surface area (Å²) < 4.78 is 0. The van der Waals surface area contributed by atoms with Crippen LogP contribution in [0.1, 0.15) is 32.6 Å². The second-order valence-corrected chi connectivity index (χ2v) is 5.80. The van der Waals surface area contributed by atoms with Gasteiger partial charge in [-0.25, -0.2) is 0 Å². The van der Waals surface area contributed by atoms with Gasteiger partial charge >= 0.3 is 0 Å². The van der Waals surface area contributed by atoms with Gasteiger partial charge in [-0.05, 0) is 25.2 Å². The van der Waals surface area contributed by atoms with Gasteiger partial charge in [0.15, 0.2) is 0 Å². The molecule has 2 amide bonds. The largest absolute Gasteiger partial charge is 0.391 e. The van der Waals surface area contributed by atoms with Crippen LogP contribution in [0.15, 0.2) is 0 Å². The second kappa shape index (κ2) is 5.90. The van der Waals surface area contributed by atoms with Crippen molar-refractivity contribution < 1.29 is 14.7 Å². The third-order valence-electron chi connectivity index (χ3n) is 4.20. The molecule has 1 aliphatic carbocycles. The summed E-state index contributed by atoms with van der Waals surface area (Å²) in [6.07, 6.45) is 3.01. The van der Waals surface area contributed by atoms with Gasteiger partial charge in [0, 0.05) is 33.1 Å². The maximum Gasteiger partial charge on any atom is 0.227 e. The minimum atomic E-state index is -0.385. The van der Waals surface area contributed by atoms with Crippen LogP contribution in [0.3, 0.4) is 0 Å². The van der Waals surface area contributed by atoms with Crippen LogP contribution in [0.5, 0.6) is 0 Å². The van der Waals surface area contributed by atoms with Crippen molar-refractivity contribution in [1.82, 2.24) is 9.80 Å². The summed E-state index contributed by atoms with van der Waals surface area (Å²) in [5, 5.41) is 9.87. The van der Waals surface area contributed by atoms with Gasteiger partial charge in [0.25, 0.3) is 0 Å². The van der Waals surface area contributed by atoms with E-state index < -0.39 is 0 Å². The summed E-state index contributed by atoms with van der Waals surface area (Å²) >= 11 is 0. The summed E-state index contributed by atoms with van der Waals surface area (Å²) in [5.41, 5.74) is 0. The van der Waals surface area contributed by atoms with Crippen LogP contribution in [0.4, 0.5) is 0 Å². The Morgan fingerprint density at radius 3 is 2.63 bits per heavy atom. The van der Waals surface area contributed by atoms with E-state index in [1.807, 2.05) is 6.92 Å². The molecule has 0 radical (unpaired) electrons. The first-order valence-corrected chi connectivity index (χ1v) is 7.23. The first-order chi connectivity index (χ1) is 9.02. The summed E-state index contributed by atoms with van der Waals surface area (Å²) in [5.74, 6) is 0.478. The van der Waals surface area contributed by atoms with Gasteiger partial charge in [0.1, 0.15) is 0 Å². The van der Waals surface area contributed by atoms with Gasteiger partial charge in [0.05, 0.1) is 12.0 Å². The lowest BCUT2D eigenvalue weighted by Crippen LogP contribution is -2.40. The number of hydrogen-bond acceptors (Lipinski definition) is 3. The van der Waals surface area contributed by atoms with Crippen molar-refractivity contribution in [1.29, 1.82) is 0 Å². The Kier molecular flexibility index (Phi) is 4.45. The summed E-state index contributed by atoms with van der Waals surface area (Å²) in [6, 6.07) is 0. The molecule has 108 valence electrons. The van der Waals surface area contributed by atoms with E-state index in [4.69, 9.17) is 0 Å². The maximum atomic E-state index is 12.3. The van der Waals surface area contributed by atoms with Crippen LogP contribution in [-0.2, 0) is 9.59 Å². The van der Waals surface area contributed by atoms with Gasteiger partial charge in [0.2, 0.25) is 11.8 Å². The fraction of sp³-hybridized carbons (Fsp3) is 0.857. The minimum Gasteiger partial charge on any atom is -0.391 e. The van der Waals surface area contributed by atoms with E-state index in [0.29, 0.717) is 32.0 Å². The van der Waals surface area contributed by atoms with Gasteiger partial charge in [-0.15, -0.1) is 0 Å². The standard InChI is InChI=1S/C14H24N2O3/c1-3-13(18)16-7-6-11(8-16)14(19)15(2)9-12(17)10-4-5-10/h10-12,17H,3-9H2,1-2H3. The Bertz CT molecular complexity index is 355. The molecule has 2 fully saturated rings. The van der Waals surface area contributed by atoms with Gasteiger partial charge in [-0.3, -0.25) is 9.59 Å². The monoisotopic (exact) mass is 268 g/mol. The maximum absolute atomic E-state index is 12.3. The molecule has 2 aliphatic rings. The van der Waals surface area contributed by atoms with E-state index in [-0.39, 0.29) is 23.8 Å². The van der Waals surface area contributed by atoms with Crippen molar-refractivity contribution in [2.24, 2.45) is 11.8 Å². The fourth-order valence-electron chi connectivity index (χ4n) is 2.72. The van der Waals surface area contributed by atoms with Crippen molar-refractivity contribution in [3.63, 3.8) is 0 Å². The normalized spacial score (nSPS) is 24.4. The Labute approximate surface area is 114 Å². The molecule has 19 heavy (non-hydrogen) atoms. The predicted octanol–water partition coefficient (Wildman–Crippen LogP) is 0.474. The van der Waals surface area contributed by atoms with Crippen LogP contribution < -0.4 is 0 Å². The molecule has 1 aliphatic heterocycles. The molecular formula is C14H24N2O3. The van der Waals surface area contributed by atoms with E-state index in [1.165, 1.54) is 0 Å². The van der Waals surface area contributed by atoms with Gasteiger partial charge in [-0.2, -0.15) is 0 Å². The van der Waals surface area contributed by atoms with E-state index in [9.17, 15) is 14.7 Å². The molecule has 0 bridgehead atoms. The summed E-state index contributed by atoms with van der Waals surface area (Å²) in [6.45, 7) is 3.48. The predicted molar refractivity (Wildman–Crippen MR) is 71.3 cm³/mol. The molecule has 0 aromatic rings. The SMILES string of the molecule is CCC(=O)N1CCC(C(=O)N(C)CC(O)C2CC2)C1. The quantitative estimate of drug-likeness (QED) is 0.788. The van der Waals surface area contributed by atoms with Gasteiger partial charge < -0.3 is 14.9 Å². The van der Waals surface area contributed by atoms with Crippen LogP contribution in [-0.4, -0.2) is 59.5 Å². The molecule has 2 unspecified atom stereocenters. The molecule has 2 atom stereocenters. The fourth-order valence-corrected chi connectivity index (χ4v) is 2.72. The third-order valence-corrected chi connectivity index (χ3v) is 4.20. The van der Waals surface area contributed by atoms with Gasteiger partial charge in [-0.1, -0.05) is 6.92 Å². The van der Waals surface area contributed by atoms with Crippen molar-refractivity contribution in [2.75, 3.05) is 26.7 Å². The second-order valence-electron chi connectivity index (χ2n) is 5.80. The first kappa shape index (κ1) is 14.3. The number of likely N-dealkylation sites (N-methyl/N-ethyl adjacent to an activating group) is 1. The topological polar surface area (TPSA) is 60.9 Å². The number of hydrogen-bond donors (Lipinski definition) is 1. The average molecular weight is 268 g/mol. The van der Waals surface area contributed by atoms with Crippen LogP contribution in [0.25, 0.3) is 0 Å². The molecule has 1 N–H and O–H groups in total. The van der Waals surface area contributed by atoms with Crippen molar-refractivity contribution in [3.05, 3.63) is 0 Å². The molecule has 1 heterocycles. The van der Waals surface area contributed by atoms with E-state index in [2.05, 4.69) is 0 Å². The zero-order chi connectivity index (χ0) is 14.0. The Balaban J connectivity index is 1.81. The lowest BCUT2D eigenvalue weighted by Gasteiger charge is -2.24. The van der Waals surface area contributed by atoms with Crippen LogP contribution >= 0.6 is 0 Å². The molecule has 0 aromatic heterocycles. The first-order valence-electron chi connectivity index (χ1n) is 7.23. The molecule has 5 nitrogen and oxygen atoms in total. The third kappa shape index (κ3) is 3.47. The molecule has 0 aromatic carbocycles. The summed E-state index contributed by atoms with van der Waals surface area (Å²) in [7, 11) is 1.75. The lowest BCUT2D eigenvalue weighted by atomic mass is 10.1. The molecule has 2 rings (SSSR count). The Morgan fingerprint density at radius 2 is 2.05 bits per heavy atom. The Morgan fingerprint density at radius 1 is 1.37 bits per heavy atom. The Hall–Kier alpha value is -1.10. The van der Waals surface area contributed by atoms with Crippen molar-refractivity contribution in [3.8, 4) is 0 Å². The number of aliphatic hydroxyl groups excluding tert-OH is 1. The lowest BCUT2D eigenvalue weighted by molar-refractivity contribution is -0.135. The molecule has 0 spiro atoms. The van der Waals surface area contributed by atoms with E-state index in [1.54, 1.807) is 16.8 Å². The highest BCUT2D eigenvalue weighted by molar-refractivity contribution is 5.82. The van der Waals surface area contributed by atoms with Crippen LogP contribution in [0, 0.1) is 11.8 Å². The molecule has 5 heteroatoms. The average Bonchev–Trinajstić information content (AvgIpc) is 3.14. The smallest absolute Gasteiger partial charge is 0.227 e. The van der Waals surface area contributed by atoms with E-state index in [0.717, 1.165) is 19.3 Å². The molecule has 1 saturated heterocycles. The number of carbonyl (C=O) groups is 2. The van der Waals surface area contributed by atoms with Crippen LogP contribution in [0.2, 0.25) is 0 Å². The number of amides is 2. The van der Waals surface area contributed by atoms with E-state index >= 15 is 0 Å². The highest BCUT2D eigenvalue weighted by Crippen LogP contribution is 2.33. The summed E-state index contributed by atoms with van der Waals surface area (Å²) in [4.78, 5) is 27.2.